The predicted molar refractivity (Wildman–Crippen MR) is 121 cm³/mol. The molecule has 1 saturated heterocycles. The number of nitrogens with zero attached hydrogens (tertiary/aromatic N) is 2. The zero-order chi connectivity index (χ0) is 20.5. The highest BCUT2D eigenvalue weighted by molar-refractivity contribution is 7.80. The molecule has 1 fully saturated rings. The molecule has 2 aromatic carbocycles. The van der Waals surface area contributed by atoms with E-state index < -0.39 is 0 Å². The molecule has 29 heavy (non-hydrogen) atoms. The van der Waals surface area contributed by atoms with Crippen molar-refractivity contribution in [2.75, 3.05) is 44.7 Å². The monoisotopic (exact) mass is 415 g/mol. The SMILES string of the molecule is CCc1ccc(NC(=S)N(CCCN2CCOCC2)Cc2cccc(F)c2)cc1. The predicted octanol–water partition coefficient (Wildman–Crippen LogP) is 4.31. The van der Waals surface area contributed by atoms with Crippen LogP contribution in [0.1, 0.15) is 24.5 Å². The molecule has 1 N–H and O–H groups in total. The number of hydrogen-bond donors (Lipinski definition) is 1. The number of aryl methyl sites for hydroxylation is 1. The normalized spacial score (nSPS) is 14.6. The molecule has 1 heterocycles. The van der Waals surface area contributed by atoms with Gasteiger partial charge in [0.2, 0.25) is 0 Å². The smallest absolute Gasteiger partial charge is 0.173 e. The molecule has 0 unspecified atom stereocenters. The molecule has 0 spiro atoms. The standard InChI is InChI=1S/C23H30FN3OS/c1-2-19-7-9-22(10-8-19)25-23(29)27(18-20-5-3-6-21(24)17-20)12-4-11-26-13-15-28-16-14-26/h3,5-10,17H,2,4,11-16,18H2,1H3,(H,25,29). The van der Waals surface area contributed by atoms with Gasteiger partial charge in [0.15, 0.2) is 5.11 Å². The van der Waals surface area contributed by atoms with Gasteiger partial charge >= 0.3 is 0 Å². The Bertz CT molecular complexity index is 778. The maximum atomic E-state index is 13.6. The number of nitrogens with one attached hydrogen (secondary N) is 1. The second-order valence-electron chi connectivity index (χ2n) is 7.34. The van der Waals surface area contributed by atoms with E-state index in [1.165, 1.54) is 11.6 Å². The van der Waals surface area contributed by atoms with Crippen LogP contribution in [0.2, 0.25) is 0 Å². The Balaban J connectivity index is 1.62. The molecule has 0 aliphatic carbocycles. The third-order valence-electron chi connectivity index (χ3n) is 5.17. The molecule has 1 aliphatic rings. The van der Waals surface area contributed by atoms with Gasteiger partial charge in [0.25, 0.3) is 0 Å². The van der Waals surface area contributed by atoms with Crippen LogP contribution >= 0.6 is 12.2 Å². The molecule has 6 heteroatoms. The lowest BCUT2D eigenvalue weighted by Gasteiger charge is -2.29. The summed E-state index contributed by atoms with van der Waals surface area (Å²) in [5.74, 6) is -0.218. The number of benzene rings is 2. The summed E-state index contributed by atoms with van der Waals surface area (Å²) >= 11 is 5.71. The van der Waals surface area contributed by atoms with Crippen LogP contribution in [0.25, 0.3) is 0 Å². The molecule has 156 valence electrons. The van der Waals surface area contributed by atoms with Crippen LogP contribution in [-0.4, -0.2) is 54.3 Å². The largest absolute Gasteiger partial charge is 0.379 e. The lowest BCUT2D eigenvalue weighted by molar-refractivity contribution is 0.0368. The highest BCUT2D eigenvalue weighted by Crippen LogP contribution is 2.14. The van der Waals surface area contributed by atoms with E-state index in [1.54, 1.807) is 12.1 Å². The number of thiocarbonyl (C=S) groups is 1. The molecule has 0 aromatic heterocycles. The maximum absolute atomic E-state index is 13.6. The van der Waals surface area contributed by atoms with E-state index in [9.17, 15) is 4.39 Å². The van der Waals surface area contributed by atoms with Crippen molar-refractivity contribution in [1.29, 1.82) is 0 Å². The van der Waals surface area contributed by atoms with Gasteiger partial charge in [-0.1, -0.05) is 31.2 Å². The number of morpholine rings is 1. The summed E-state index contributed by atoms with van der Waals surface area (Å²) in [6, 6.07) is 15.1. The molecular formula is C23H30FN3OS. The Morgan fingerprint density at radius 2 is 1.90 bits per heavy atom. The van der Waals surface area contributed by atoms with Crippen molar-refractivity contribution in [1.82, 2.24) is 9.80 Å². The van der Waals surface area contributed by atoms with Gasteiger partial charge in [-0.25, -0.2) is 4.39 Å². The Morgan fingerprint density at radius 3 is 2.59 bits per heavy atom. The average molecular weight is 416 g/mol. The number of anilines is 1. The Hall–Kier alpha value is -2.02. The molecule has 0 radical (unpaired) electrons. The molecule has 2 aromatic rings. The van der Waals surface area contributed by atoms with Crippen molar-refractivity contribution in [2.45, 2.75) is 26.3 Å². The summed E-state index contributed by atoms with van der Waals surface area (Å²) in [4.78, 5) is 4.54. The minimum absolute atomic E-state index is 0.218. The van der Waals surface area contributed by atoms with Crippen LogP contribution in [0, 0.1) is 5.82 Å². The number of hydrogen-bond acceptors (Lipinski definition) is 3. The van der Waals surface area contributed by atoms with Crippen LogP contribution in [0.4, 0.5) is 10.1 Å². The molecule has 1 aliphatic heterocycles. The molecule has 3 rings (SSSR count). The van der Waals surface area contributed by atoms with E-state index in [2.05, 4.69) is 46.3 Å². The zero-order valence-corrected chi connectivity index (χ0v) is 17.9. The van der Waals surface area contributed by atoms with Crippen molar-refractivity contribution in [2.24, 2.45) is 0 Å². The van der Waals surface area contributed by atoms with Crippen molar-refractivity contribution in [3.05, 3.63) is 65.5 Å². The Labute approximate surface area is 178 Å². The summed E-state index contributed by atoms with van der Waals surface area (Å²) in [6.07, 6.45) is 2.00. The molecule has 4 nitrogen and oxygen atoms in total. The third kappa shape index (κ3) is 7.07. The minimum atomic E-state index is -0.218. The second-order valence-corrected chi connectivity index (χ2v) is 7.73. The highest BCUT2D eigenvalue weighted by atomic mass is 32.1. The van der Waals surface area contributed by atoms with Gasteiger partial charge in [-0.15, -0.1) is 0 Å². The summed E-state index contributed by atoms with van der Waals surface area (Å²) in [7, 11) is 0. The van der Waals surface area contributed by atoms with Gasteiger partial charge in [0.1, 0.15) is 5.82 Å². The van der Waals surface area contributed by atoms with Crippen molar-refractivity contribution >= 4 is 23.0 Å². The fourth-order valence-electron chi connectivity index (χ4n) is 3.44. The third-order valence-corrected chi connectivity index (χ3v) is 5.53. The molecule has 0 saturated carbocycles. The lowest BCUT2D eigenvalue weighted by Crippen LogP contribution is -2.40. The first-order chi connectivity index (χ1) is 14.1. The topological polar surface area (TPSA) is 27.7 Å². The van der Waals surface area contributed by atoms with Gasteiger partial charge in [0.05, 0.1) is 13.2 Å². The van der Waals surface area contributed by atoms with Crippen LogP contribution in [0.15, 0.2) is 48.5 Å². The molecule has 0 bridgehead atoms. The van der Waals surface area contributed by atoms with E-state index in [1.807, 2.05) is 6.07 Å². The first-order valence-electron chi connectivity index (χ1n) is 10.3. The van der Waals surface area contributed by atoms with E-state index in [0.717, 1.165) is 63.5 Å². The molecule has 0 atom stereocenters. The van der Waals surface area contributed by atoms with Crippen molar-refractivity contribution in [3.63, 3.8) is 0 Å². The summed E-state index contributed by atoms with van der Waals surface area (Å²) in [5.41, 5.74) is 3.19. The number of ether oxygens (including phenoxy) is 1. The first-order valence-corrected chi connectivity index (χ1v) is 10.7. The van der Waals surface area contributed by atoms with E-state index in [4.69, 9.17) is 17.0 Å². The molecule has 0 amide bonds. The Kier molecular flexibility index (Phi) is 8.40. The fourth-order valence-corrected chi connectivity index (χ4v) is 3.72. The maximum Gasteiger partial charge on any atom is 0.173 e. The summed E-state index contributed by atoms with van der Waals surface area (Å²) < 4.78 is 19.1. The van der Waals surface area contributed by atoms with Crippen LogP contribution < -0.4 is 5.32 Å². The van der Waals surface area contributed by atoms with Crippen molar-refractivity contribution < 1.29 is 9.13 Å². The van der Waals surface area contributed by atoms with Crippen molar-refractivity contribution in [3.8, 4) is 0 Å². The zero-order valence-electron chi connectivity index (χ0n) is 17.1. The van der Waals surface area contributed by atoms with Gasteiger partial charge in [-0.3, -0.25) is 4.90 Å². The first kappa shape index (κ1) is 21.7. The van der Waals surface area contributed by atoms with Gasteiger partial charge in [-0.05, 0) is 60.5 Å². The quantitative estimate of drug-likeness (QED) is 0.649. The number of rotatable bonds is 8. The lowest BCUT2D eigenvalue weighted by atomic mass is 10.1. The fraction of sp³-hybridized carbons (Fsp3) is 0.435. The van der Waals surface area contributed by atoms with Gasteiger partial charge in [-0.2, -0.15) is 0 Å². The number of halogens is 1. The summed E-state index contributed by atoms with van der Waals surface area (Å²) in [6.45, 7) is 8.12. The highest BCUT2D eigenvalue weighted by Gasteiger charge is 2.14. The van der Waals surface area contributed by atoms with Gasteiger partial charge < -0.3 is 15.0 Å². The van der Waals surface area contributed by atoms with E-state index in [-0.39, 0.29) is 5.82 Å². The van der Waals surface area contributed by atoms with Crippen LogP contribution in [0.5, 0.6) is 0 Å². The van der Waals surface area contributed by atoms with Crippen LogP contribution in [-0.2, 0) is 17.7 Å². The molecular weight excluding hydrogens is 385 g/mol. The van der Waals surface area contributed by atoms with E-state index in [0.29, 0.717) is 11.7 Å². The summed E-state index contributed by atoms with van der Waals surface area (Å²) in [5, 5.41) is 4.01. The Morgan fingerprint density at radius 1 is 1.14 bits per heavy atom. The van der Waals surface area contributed by atoms with E-state index >= 15 is 0 Å². The average Bonchev–Trinajstić information content (AvgIpc) is 2.74. The minimum Gasteiger partial charge on any atom is -0.379 e. The van der Waals surface area contributed by atoms with Crippen LogP contribution in [0.3, 0.4) is 0 Å². The van der Waals surface area contributed by atoms with Gasteiger partial charge in [0, 0.05) is 38.4 Å². The second kappa shape index (κ2) is 11.2.